The number of para-hydroxylation sites is 2. The Morgan fingerprint density at radius 1 is 0.556 bits per heavy atom. The van der Waals surface area contributed by atoms with Crippen LogP contribution in [-0.2, 0) is 29.1 Å². The van der Waals surface area contributed by atoms with E-state index in [4.69, 9.17) is 9.47 Å². The monoisotopic (exact) mass is 652 g/mol. The Morgan fingerprint density at radius 3 is 1.20 bits per heavy atom. The van der Waals surface area contributed by atoms with Gasteiger partial charge in [-0.25, -0.2) is 0 Å². The molecular formula is C36H32N2O6Zn. The van der Waals surface area contributed by atoms with Crippen LogP contribution in [0.3, 0.4) is 0 Å². The van der Waals surface area contributed by atoms with Gasteiger partial charge in [-0.15, -0.1) is 11.5 Å². The van der Waals surface area contributed by atoms with Crippen LogP contribution < -0.4 is 30.3 Å². The second-order valence-electron chi connectivity index (χ2n) is 9.02. The predicted molar refractivity (Wildman–Crippen MR) is 170 cm³/mol. The summed E-state index contributed by atoms with van der Waals surface area (Å²) in [7, 11) is 3.18. The standard InChI is InChI=1S/2C18H17NO3.Zn/c2*1-22-17-11-8-14(9-12-17)7-10-16(20)13-18(21)19-15-5-3-2-4-6-15;/h2*2-13,20H,1H3,(H,19,21);/q;;+2/p-2/b2*10-7+,16-13-;. The maximum absolute atomic E-state index is 11.7. The quantitative estimate of drug-likeness (QED) is 0.105. The maximum Gasteiger partial charge on any atom is 2.00 e. The molecule has 0 radical (unpaired) electrons. The minimum absolute atomic E-state index is 0. The average molecular weight is 654 g/mol. The van der Waals surface area contributed by atoms with Crippen LogP contribution in [0.25, 0.3) is 12.2 Å². The molecule has 0 fully saturated rings. The summed E-state index contributed by atoms with van der Waals surface area (Å²) in [5, 5.41) is 28.7. The predicted octanol–water partition coefficient (Wildman–Crippen LogP) is 5.18. The summed E-state index contributed by atoms with van der Waals surface area (Å²) in [5.41, 5.74) is 3.00. The van der Waals surface area contributed by atoms with Crippen LogP contribution in [0.1, 0.15) is 11.1 Å². The van der Waals surface area contributed by atoms with Gasteiger partial charge in [0.25, 0.3) is 0 Å². The van der Waals surface area contributed by atoms with Crippen LogP contribution in [0.5, 0.6) is 11.5 Å². The smallest absolute Gasteiger partial charge is 0.872 e. The molecule has 0 saturated carbocycles. The van der Waals surface area contributed by atoms with Crippen LogP contribution in [0.15, 0.2) is 145 Å². The van der Waals surface area contributed by atoms with Crippen molar-refractivity contribution in [3.8, 4) is 11.5 Å². The summed E-state index contributed by atoms with van der Waals surface area (Å²) in [6, 6.07) is 32.4. The molecule has 0 aliphatic rings. The van der Waals surface area contributed by atoms with Crippen molar-refractivity contribution in [3.05, 3.63) is 156 Å². The second-order valence-corrected chi connectivity index (χ2v) is 9.02. The Kier molecular flexibility index (Phi) is 15.7. The topological polar surface area (TPSA) is 123 Å². The van der Waals surface area contributed by atoms with Crippen LogP contribution >= 0.6 is 0 Å². The molecule has 4 aromatic carbocycles. The van der Waals surface area contributed by atoms with Crippen molar-refractivity contribution in [2.24, 2.45) is 0 Å². The summed E-state index contributed by atoms with van der Waals surface area (Å²) in [6.45, 7) is 0. The molecule has 0 spiro atoms. The van der Waals surface area contributed by atoms with E-state index in [1.54, 1.807) is 99.2 Å². The first kappa shape index (κ1) is 35.8. The Morgan fingerprint density at radius 2 is 0.889 bits per heavy atom. The number of ether oxygens (including phenoxy) is 2. The van der Waals surface area contributed by atoms with E-state index >= 15 is 0 Å². The number of anilines is 2. The number of allylic oxidation sites excluding steroid dienone is 2. The number of carbonyl (C=O) groups is 2. The zero-order valence-electron chi connectivity index (χ0n) is 25.0. The van der Waals surface area contributed by atoms with Crippen molar-refractivity contribution >= 4 is 35.3 Å². The molecule has 0 atom stereocenters. The molecule has 0 unspecified atom stereocenters. The Bertz CT molecular complexity index is 1480. The Labute approximate surface area is 275 Å². The molecule has 4 rings (SSSR count). The van der Waals surface area contributed by atoms with Gasteiger partial charge in [0.05, 0.1) is 14.2 Å². The minimum Gasteiger partial charge on any atom is -0.872 e. The largest absolute Gasteiger partial charge is 2.00 e. The summed E-state index contributed by atoms with van der Waals surface area (Å²) >= 11 is 0. The molecule has 45 heavy (non-hydrogen) atoms. The number of rotatable bonds is 10. The molecule has 0 aromatic heterocycles. The van der Waals surface area contributed by atoms with Crippen molar-refractivity contribution in [1.82, 2.24) is 0 Å². The molecule has 2 amide bonds. The van der Waals surface area contributed by atoms with Gasteiger partial charge >= 0.3 is 19.5 Å². The van der Waals surface area contributed by atoms with Gasteiger partial charge in [-0.05, 0) is 71.8 Å². The summed E-state index contributed by atoms with van der Waals surface area (Å²) in [4.78, 5) is 23.4. The van der Waals surface area contributed by atoms with Crippen molar-refractivity contribution in [2.45, 2.75) is 0 Å². The normalized spacial score (nSPS) is 11.2. The van der Waals surface area contributed by atoms with Crippen molar-refractivity contribution in [3.63, 3.8) is 0 Å². The van der Waals surface area contributed by atoms with Gasteiger partial charge in [0, 0.05) is 11.4 Å². The fourth-order valence-corrected chi connectivity index (χ4v) is 3.54. The van der Waals surface area contributed by atoms with Crippen molar-refractivity contribution in [1.29, 1.82) is 0 Å². The minimum atomic E-state index is -0.449. The third-order valence-electron chi connectivity index (χ3n) is 5.74. The van der Waals surface area contributed by atoms with Gasteiger partial charge < -0.3 is 30.3 Å². The van der Waals surface area contributed by atoms with Crippen LogP contribution in [0, 0.1) is 0 Å². The fourth-order valence-electron chi connectivity index (χ4n) is 3.54. The number of amides is 2. The molecule has 224 valence electrons. The fraction of sp³-hybridized carbons (Fsp3) is 0.0556. The molecule has 2 N–H and O–H groups in total. The third-order valence-corrected chi connectivity index (χ3v) is 5.74. The Balaban J connectivity index is 0.000000307. The van der Waals surface area contributed by atoms with Gasteiger partial charge in [0.1, 0.15) is 11.5 Å². The van der Waals surface area contributed by atoms with Gasteiger partial charge in [-0.1, -0.05) is 85.0 Å². The molecular weight excluding hydrogens is 622 g/mol. The number of hydrogen-bond acceptors (Lipinski definition) is 6. The van der Waals surface area contributed by atoms with E-state index in [9.17, 15) is 19.8 Å². The van der Waals surface area contributed by atoms with Crippen LogP contribution in [0.2, 0.25) is 0 Å². The molecule has 4 aromatic rings. The zero-order chi connectivity index (χ0) is 31.6. The second kappa shape index (κ2) is 19.7. The van der Waals surface area contributed by atoms with Gasteiger partial charge in [0.2, 0.25) is 11.8 Å². The first-order valence-corrected chi connectivity index (χ1v) is 13.5. The molecule has 0 aliphatic heterocycles. The first-order chi connectivity index (χ1) is 21.3. The average Bonchev–Trinajstić information content (AvgIpc) is 3.04. The molecule has 0 aliphatic carbocycles. The van der Waals surface area contributed by atoms with E-state index in [0.717, 1.165) is 34.8 Å². The summed E-state index contributed by atoms with van der Waals surface area (Å²) in [5.74, 6) is -0.144. The Hall–Kier alpha value is -5.40. The van der Waals surface area contributed by atoms with E-state index in [0.29, 0.717) is 11.4 Å². The van der Waals surface area contributed by atoms with Gasteiger partial charge in [-0.2, -0.15) is 0 Å². The van der Waals surface area contributed by atoms with E-state index in [-0.39, 0.29) is 31.0 Å². The number of carbonyl (C=O) groups excluding carboxylic acids is 2. The van der Waals surface area contributed by atoms with Crippen LogP contribution in [-0.4, -0.2) is 26.0 Å². The van der Waals surface area contributed by atoms with Crippen LogP contribution in [0.4, 0.5) is 11.4 Å². The third kappa shape index (κ3) is 14.1. The van der Waals surface area contributed by atoms with E-state index < -0.39 is 11.8 Å². The number of benzene rings is 4. The molecule has 9 heteroatoms. The molecule has 8 nitrogen and oxygen atoms in total. The number of hydrogen-bond donors (Lipinski definition) is 2. The van der Waals surface area contributed by atoms with Gasteiger partial charge in [0.15, 0.2) is 0 Å². The number of nitrogens with one attached hydrogen (secondary N) is 2. The molecule has 0 heterocycles. The summed E-state index contributed by atoms with van der Waals surface area (Å²) < 4.78 is 10.1. The van der Waals surface area contributed by atoms with Gasteiger partial charge in [-0.3, -0.25) is 9.59 Å². The SMILES string of the molecule is COc1ccc(/C=C/C([O-])=C/C(=O)Nc2ccccc2)cc1.COc1ccc(/C=C/C([O-])=C/C(=O)Nc2ccccc2)cc1.[Zn+2]. The van der Waals surface area contributed by atoms with Crippen molar-refractivity contribution < 1.29 is 48.8 Å². The summed E-state index contributed by atoms with van der Waals surface area (Å²) in [6.07, 6.45) is 8.04. The van der Waals surface area contributed by atoms with E-state index in [1.165, 1.54) is 12.2 Å². The molecule has 0 bridgehead atoms. The van der Waals surface area contributed by atoms with Crippen molar-refractivity contribution in [2.75, 3.05) is 24.9 Å². The zero-order valence-corrected chi connectivity index (χ0v) is 28.0. The number of methoxy groups -OCH3 is 2. The maximum atomic E-state index is 11.7. The first-order valence-electron chi connectivity index (χ1n) is 13.5. The van der Waals surface area contributed by atoms with E-state index in [2.05, 4.69) is 10.6 Å². The van der Waals surface area contributed by atoms with E-state index in [1.807, 2.05) is 36.4 Å². The molecule has 0 saturated heterocycles.